The van der Waals surface area contributed by atoms with E-state index >= 15 is 0 Å². The lowest BCUT2D eigenvalue weighted by molar-refractivity contribution is -0.132. The number of pyridine rings is 1. The first-order valence-electron chi connectivity index (χ1n) is 11.5. The van der Waals surface area contributed by atoms with Crippen molar-refractivity contribution >= 4 is 23.3 Å². The molecule has 1 amide bonds. The van der Waals surface area contributed by atoms with Crippen LogP contribution in [0.2, 0.25) is 0 Å². The van der Waals surface area contributed by atoms with Crippen LogP contribution in [0.3, 0.4) is 0 Å². The molecular weight excluding hydrogens is 464 g/mol. The molecule has 9 heteroatoms. The summed E-state index contributed by atoms with van der Waals surface area (Å²) in [5.41, 5.74) is 0.786. The van der Waals surface area contributed by atoms with Crippen molar-refractivity contribution < 1.29 is 33.6 Å². The number of ether oxygens (including phenoxy) is 4. The van der Waals surface area contributed by atoms with Crippen LogP contribution in [0.1, 0.15) is 24.1 Å². The van der Waals surface area contributed by atoms with Crippen molar-refractivity contribution in [3.63, 3.8) is 0 Å². The number of rotatable bonds is 6. The van der Waals surface area contributed by atoms with E-state index < -0.39 is 17.7 Å². The number of fused-ring (bicyclic) bond motifs is 1. The predicted molar refractivity (Wildman–Crippen MR) is 131 cm³/mol. The number of anilines is 1. The van der Waals surface area contributed by atoms with Crippen LogP contribution in [0.15, 0.2) is 66.4 Å². The van der Waals surface area contributed by atoms with Crippen molar-refractivity contribution in [3.8, 4) is 23.0 Å². The smallest absolute Gasteiger partial charge is 0.301 e. The van der Waals surface area contributed by atoms with Gasteiger partial charge in [-0.3, -0.25) is 14.5 Å². The summed E-state index contributed by atoms with van der Waals surface area (Å²) in [6.07, 6.45) is 1.53. The number of carbonyl (C=O) groups excluding carboxylic acids is 2. The molecule has 1 unspecified atom stereocenters. The normalized spacial score (nSPS) is 18.3. The maximum absolute atomic E-state index is 13.4. The Morgan fingerprint density at radius 1 is 1.06 bits per heavy atom. The number of hydrogen-bond acceptors (Lipinski definition) is 8. The highest BCUT2D eigenvalue weighted by Crippen LogP contribution is 2.44. The molecule has 36 heavy (non-hydrogen) atoms. The summed E-state index contributed by atoms with van der Waals surface area (Å²) in [7, 11) is 1.51. The molecule has 0 bridgehead atoms. The number of nitrogens with zero attached hydrogens (tertiary/aromatic N) is 2. The molecule has 2 aliphatic rings. The van der Waals surface area contributed by atoms with Crippen LogP contribution in [0.5, 0.6) is 23.0 Å². The highest BCUT2D eigenvalue weighted by atomic mass is 16.6. The molecule has 0 aliphatic carbocycles. The van der Waals surface area contributed by atoms with Gasteiger partial charge < -0.3 is 24.1 Å². The first-order chi connectivity index (χ1) is 17.5. The Bertz CT molecular complexity index is 1350. The number of aromatic nitrogens is 1. The Kier molecular flexibility index (Phi) is 6.20. The first kappa shape index (κ1) is 23.2. The Morgan fingerprint density at radius 3 is 2.58 bits per heavy atom. The number of carbonyl (C=O) groups is 2. The van der Waals surface area contributed by atoms with Gasteiger partial charge in [-0.2, -0.15) is 0 Å². The van der Waals surface area contributed by atoms with Crippen LogP contribution in [0.25, 0.3) is 5.76 Å². The first-order valence-corrected chi connectivity index (χ1v) is 11.5. The minimum absolute atomic E-state index is 0.0754. The number of Topliss-reactive ketones (excluding diaryl/α,β-unsaturated/α-hetero) is 1. The number of hydrogen-bond donors (Lipinski definition) is 1. The van der Waals surface area contributed by atoms with Crippen LogP contribution in [-0.2, 0) is 9.59 Å². The van der Waals surface area contributed by atoms with Crippen LogP contribution in [0, 0.1) is 0 Å². The van der Waals surface area contributed by atoms with E-state index in [1.807, 2.05) is 6.92 Å². The van der Waals surface area contributed by atoms with Crippen LogP contribution in [0.4, 0.5) is 5.82 Å². The molecule has 184 valence electrons. The molecule has 1 aromatic heterocycles. The van der Waals surface area contributed by atoms with Gasteiger partial charge >= 0.3 is 5.91 Å². The highest BCUT2D eigenvalue weighted by molar-refractivity contribution is 6.51. The van der Waals surface area contributed by atoms with Crippen molar-refractivity contribution in [2.45, 2.75) is 13.0 Å². The van der Waals surface area contributed by atoms with Crippen LogP contribution in [-0.4, -0.2) is 48.7 Å². The van der Waals surface area contributed by atoms with E-state index in [9.17, 15) is 14.7 Å². The van der Waals surface area contributed by atoms with E-state index in [2.05, 4.69) is 4.98 Å². The molecule has 2 aliphatic heterocycles. The SMILES string of the molecule is CCOc1ccc(C2C(=C(O)c3ccc4c(c3)OCCO4)C(=O)C(=O)N2c2ccccn2)cc1OC. The fourth-order valence-electron chi connectivity index (χ4n) is 4.36. The third-order valence-electron chi connectivity index (χ3n) is 5.96. The van der Waals surface area contributed by atoms with Crippen molar-refractivity contribution in [2.75, 3.05) is 31.8 Å². The molecule has 5 rings (SSSR count). The number of benzene rings is 2. The van der Waals surface area contributed by atoms with Gasteiger partial charge in [0, 0.05) is 11.8 Å². The summed E-state index contributed by atoms with van der Waals surface area (Å²) >= 11 is 0. The molecule has 3 aromatic rings. The number of methoxy groups -OCH3 is 1. The largest absolute Gasteiger partial charge is 0.507 e. The molecule has 0 saturated carbocycles. The second-order valence-electron chi connectivity index (χ2n) is 8.06. The van der Waals surface area contributed by atoms with E-state index in [0.29, 0.717) is 53.9 Å². The van der Waals surface area contributed by atoms with E-state index in [0.717, 1.165) is 0 Å². The van der Waals surface area contributed by atoms with Gasteiger partial charge in [0.1, 0.15) is 24.8 Å². The van der Waals surface area contributed by atoms with E-state index in [4.69, 9.17) is 18.9 Å². The second kappa shape index (κ2) is 9.61. The summed E-state index contributed by atoms with van der Waals surface area (Å²) in [6, 6.07) is 14.1. The van der Waals surface area contributed by atoms with Gasteiger partial charge in [-0.15, -0.1) is 0 Å². The van der Waals surface area contributed by atoms with Gasteiger partial charge in [0.25, 0.3) is 5.78 Å². The minimum Gasteiger partial charge on any atom is -0.507 e. The summed E-state index contributed by atoms with van der Waals surface area (Å²) in [5.74, 6) is 0.255. The second-order valence-corrected chi connectivity index (χ2v) is 8.06. The fourth-order valence-corrected chi connectivity index (χ4v) is 4.36. The average molecular weight is 488 g/mol. The molecule has 0 radical (unpaired) electrons. The standard InChI is InChI=1S/C27H24N2O7/c1-3-34-18-9-7-16(14-20(18)33-2)24-23(26(31)27(32)29(24)22-6-4-5-11-28-22)25(30)17-8-10-19-21(15-17)36-13-12-35-19/h4-11,14-15,24,30H,3,12-13H2,1-2H3. The average Bonchev–Trinajstić information content (AvgIpc) is 3.19. The number of aliphatic hydroxyl groups excluding tert-OH is 1. The topological polar surface area (TPSA) is 107 Å². The highest BCUT2D eigenvalue weighted by Gasteiger charge is 2.47. The molecule has 1 fully saturated rings. The lowest BCUT2D eigenvalue weighted by Crippen LogP contribution is -2.30. The van der Waals surface area contributed by atoms with Crippen molar-refractivity contribution in [1.82, 2.24) is 4.98 Å². The van der Waals surface area contributed by atoms with Crippen molar-refractivity contribution in [3.05, 3.63) is 77.5 Å². The zero-order valence-corrected chi connectivity index (χ0v) is 19.8. The minimum atomic E-state index is -0.960. The Morgan fingerprint density at radius 2 is 1.86 bits per heavy atom. The van der Waals surface area contributed by atoms with Crippen molar-refractivity contribution in [1.29, 1.82) is 0 Å². The fraction of sp³-hybridized carbons (Fsp3) is 0.222. The van der Waals surface area contributed by atoms with Gasteiger partial charge in [-0.1, -0.05) is 12.1 Å². The summed E-state index contributed by atoms with van der Waals surface area (Å²) < 4.78 is 22.3. The molecule has 1 atom stereocenters. The molecule has 0 spiro atoms. The summed E-state index contributed by atoms with van der Waals surface area (Å²) in [6.45, 7) is 3.09. The zero-order valence-electron chi connectivity index (χ0n) is 19.8. The maximum Gasteiger partial charge on any atom is 0.301 e. The molecule has 3 heterocycles. The Hall–Kier alpha value is -4.53. The number of aliphatic hydroxyl groups is 1. The molecule has 2 aromatic carbocycles. The third-order valence-corrected chi connectivity index (χ3v) is 5.96. The molecule has 1 saturated heterocycles. The van der Waals surface area contributed by atoms with Gasteiger partial charge in [-0.25, -0.2) is 4.98 Å². The van der Waals surface area contributed by atoms with Crippen LogP contribution < -0.4 is 23.8 Å². The molecule has 9 nitrogen and oxygen atoms in total. The van der Waals surface area contributed by atoms with Crippen LogP contribution >= 0.6 is 0 Å². The maximum atomic E-state index is 13.4. The van der Waals surface area contributed by atoms with Gasteiger partial charge in [0.2, 0.25) is 0 Å². The lowest BCUT2D eigenvalue weighted by atomic mass is 9.94. The van der Waals surface area contributed by atoms with Gasteiger partial charge in [-0.05, 0) is 55.0 Å². The summed E-state index contributed by atoms with van der Waals surface area (Å²) in [5, 5.41) is 11.4. The van der Waals surface area contributed by atoms with Gasteiger partial charge in [0.15, 0.2) is 23.0 Å². The quantitative estimate of drug-likeness (QED) is 0.316. The Labute approximate surface area is 207 Å². The lowest BCUT2D eigenvalue weighted by Gasteiger charge is -2.25. The molecule has 1 N–H and O–H groups in total. The zero-order chi connectivity index (χ0) is 25.2. The predicted octanol–water partition coefficient (Wildman–Crippen LogP) is 3.89. The van der Waals surface area contributed by atoms with E-state index in [-0.39, 0.29) is 17.2 Å². The third kappa shape index (κ3) is 3.98. The van der Waals surface area contributed by atoms with E-state index in [1.165, 1.54) is 18.2 Å². The Balaban J connectivity index is 1.69. The number of amides is 1. The van der Waals surface area contributed by atoms with E-state index in [1.54, 1.807) is 54.6 Å². The number of ketones is 1. The monoisotopic (exact) mass is 488 g/mol. The molecular formula is C27H24N2O7. The van der Waals surface area contributed by atoms with Gasteiger partial charge in [0.05, 0.1) is 25.3 Å². The summed E-state index contributed by atoms with van der Waals surface area (Å²) in [4.78, 5) is 32.2. The van der Waals surface area contributed by atoms with Crippen molar-refractivity contribution in [2.24, 2.45) is 0 Å².